The van der Waals surface area contributed by atoms with E-state index in [-0.39, 0.29) is 0 Å². The Morgan fingerprint density at radius 3 is 2.70 bits per heavy atom. The van der Waals surface area contributed by atoms with Crippen LogP contribution in [-0.2, 0) is 6.42 Å². The van der Waals surface area contributed by atoms with Gasteiger partial charge in [-0.05, 0) is 57.2 Å². The molecule has 1 aliphatic heterocycles. The number of para-hydroxylation sites is 1. The monoisotopic (exact) mass is 272 g/mol. The predicted molar refractivity (Wildman–Crippen MR) is 86.4 cm³/mol. The summed E-state index contributed by atoms with van der Waals surface area (Å²) in [5, 5.41) is 3.60. The molecule has 2 nitrogen and oxygen atoms in total. The largest absolute Gasteiger partial charge is 0.367 e. The van der Waals surface area contributed by atoms with Crippen LogP contribution in [0.3, 0.4) is 0 Å². The third-order valence-corrected chi connectivity index (χ3v) is 5.40. The van der Waals surface area contributed by atoms with Gasteiger partial charge in [0.2, 0.25) is 0 Å². The van der Waals surface area contributed by atoms with Crippen LogP contribution in [0.15, 0.2) is 24.3 Å². The van der Waals surface area contributed by atoms with Crippen LogP contribution in [0.2, 0.25) is 0 Å². The quantitative estimate of drug-likeness (QED) is 0.901. The number of nitrogens with zero attached hydrogens (tertiary/aromatic N) is 1. The van der Waals surface area contributed by atoms with Gasteiger partial charge in [-0.3, -0.25) is 0 Å². The second-order valence-electron chi connectivity index (χ2n) is 6.61. The first-order chi connectivity index (χ1) is 9.79. The van der Waals surface area contributed by atoms with Gasteiger partial charge < -0.3 is 10.2 Å². The molecule has 2 aliphatic rings. The van der Waals surface area contributed by atoms with Gasteiger partial charge in [0.15, 0.2) is 0 Å². The fourth-order valence-electron chi connectivity index (χ4n) is 4.09. The highest BCUT2D eigenvalue weighted by atomic mass is 15.2. The minimum atomic E-state index is 0.645. The molecule has 1 N–H and O–H groups in total. The molecule has 1 fully saturated rings. The van der Waals surface area contributed by atoms with Crippen LogP contribution in [0.4, 0.5) is 5.69 Å². The van der Waals surface area contributed by atoms with E-state index in [1.54, 1.807) is 0 Å². The molecular weight excluding hydrogens is 244 g/mol. The van der Waals surface area contributed by atoms with Gasteiger partial charge in [0.05, 0.1) is 0 Å². The summed E-state index contributed by atoms with van der Waals surface area (Å²) in [6.07, 6.45) is 8.20. The van der Waals surface area contributed by atoms with Gasteiger partial charge in [-0.25, -0.2) is 0 Å². The average Bonchev–Trinajstić information content (AvgIpc) is 3.00. The summed E-state index contributed by atoms with van der Waals surface area (Å²) in [5.41, 5.74) is 3.01. The van der Waals surface area contributed by atoms with Crippen molar-refractivity contribution in [2.75, 3.05) is 18.5 Å². The Morgan fingerprint density at radius 1 is 1.20 bits per heavy atom. The van der Waals surface area contributed by atoms with Gasteiger partial charge >= 0.3 is 0 Å². The van der Waals surface area contributed by atoms with Gasteiger partial charge in [-0.2, -0.15) is 0 Å². The van der Waals surface area contributed by atoms with Gasteiger partial charge in [-0.1, -0.05) is 31.0 Å². The second-order valence-corrected chi connectivity index (χ2v) is 6.61. The van der Waals surface area contributed by atoms with E-state index < -0.39 is 0 Å². The molecule has 1 aromatic rings. The standard InChI is InChI=1S/C18H28N2/c1-14-11-12-16-9-5-6-10-18(16)20(14)13-17(19-2)15-7-3-4-8-15/h5-6,9-10,14-15,17,19H,3-4,7-8,11-13H2,1-2H3. The summed E-state index contributed by atoms with van der Waals surface area (Å²) in [7, 11) is 2.14. The maximum absolute atomic E-state index is 3.60. The van der Waals surface area contributed by atoms with Gasteiger partial charge in [0, 0.05) is 24.3 Å². The number of benzene rings is 1. The molecule has 1 heterocycles. The Kier molecular flexibility index (Phi) is 4.30. The maximum Gasteiger partial charge on any atom is 0.0401 e. The van der Waals surface area contributed by atoms with Crippen LogP contribution in [0.1, 0.15) is 44.6 Å². The van der Waals surface area contributed by atoms with Gasteiger partial charge in [0.1, 0.15) is 0 Å². The minimum absolute atomic E-state index is 0.645. The molecule has 1 saturated carbocycles. The highest BCUT2D eigenvalue weighted by Crippen LogP contribution is 2.33. The highest BCUT2D eigenvalue weighted by molar-refractivity contribution is 5.56. The maximum atomic E-state index is 3.60. The van der Waals surface area contributed by atoms with Crippen LogP contribution in [0, 0.1) is 5.92 Å². The Morgan fingerprint density at radius 2 is 1.95 bits per heavy atom. The Hall–Kier alpha value is -1.02. The number of nitrogens with one attached hydrogen (secondary N) is 1. The third-order valence-electron chi connectivity index (χ3n) is 5.40. The van der Waals surface area contributed by atoms with E-state index in [0.717, 1.165) is 5.92 Å². The van der Waals surface area contributed by atoms with E-state index in [2.05, 4.69) is 48.5 Å². The normalized spacial score (nSPS) is 24.7. The van der Waals surface area contributed by atoms with Crippen LogP contribution in [0.5, 0.6) is 0 Å². The molecule has 3 rings (SSSR count). The van der Waals surface area contributed by atoms with Crippen molar-refractivity contribution in [1.82, 2.24) is 5.32 Å². The number of likely N-dealkylation sites (N-methyl/N-ethyl adjacent to an activating group) is 1. The number of aryl methyl sites for hydroxylation is 1. The lowest BCUT2D eigenvalue weighted by Crippen LogP contribution is -2.48. The van der Waals surface area contributed by atoms with Crippen LogP contribution < -0.4 is 10.2 Å². The van der Waals surface area contributed by atoms with Gasteiger partial charge in [-0.15, -0.1) is 0 Å². The van der Waals surface area contributed by atoms with Crippen molar-refractivity contribution in [1.29, 1.82) is 0 Å². The SMILES string of the molecule is CNC(CN1c2ccccc2CCC1C)C1CCCC1. The molecule has 2 atom stereocenters. The molecule has 0 aromatic heterocycles. The average molecular weight is 272 g/mol. The van der Waals surface area contributed by atoms with Crippen molar-refractivity contribution in [3.63, 3.8) is 0 Å². The molecular formula is C18H28N2. The summed E-state index contributed by atoms with van der Waals surface area (Å²) in [6.45, 7) is 3.55. The lowest BCUT2D eigenvalue weighted by atomic mass is 9.93. The number of rotatable bonds is 4. The van der Waals surface area contributed by atoms with Crippen molar-refractivity contribution in [2.45, 2.75) is 57.5 Å². The minimum Gasteiger partial charge on any atom is -0.367 e. The first-order valence-electron chi connectivity index (χ1n) is 8.31. The topological polar surface area (TPSA) is 15.3 Å². The summed E-state index contributed by atoms with van der Waals surface area (Å²) >= 11 is 0. The van der Waals surface area contributed by atoms with Crippen molar-refractivity contribution in [3.8, 4) is 0 Å². The lowest BCUT2D eigenvalue weighted by Gasteiger charge is -2.40. The molecule has 0 saturated heterocycles. The van der Waals surface area contributed by atoms with E-state index >= 15 is 0 Å². The fourth-order valence-corrected chi connectivity index (χ4v) is 4.09. The fraction of sp³-hybridized carbons (Fsp3) is 0.667. The number of hydrogen-bond donors (Lipinski definition) is 1. The highest BCUT2D eigenvalue weighted by Gasteiger charge is 2.29. The van der Waals surface area contributed by atoms with E-state index in [9.17, 15) is 0 Å². The molecule has 0 spiro atoms. The lowest BCUT2D eigenvalue weighted by molar-refractivity contribution is 0.365. The summed E-state index contributed by atoms with van der Waals surface area (Å²) in [6, 6.07) is 10.3. The van der Waals surface area contributed by atoms with E-state index in [4.69, 9.17) is 0 Å². The van der Waals surface area contributed by atoms with Gasteiger partial charge in [0.25, 0.3) is 0 Å². The summed E-state index contributed by atoms with van der Waals surface area (Å²) < 4.78 is 0. The van der Waals surface area contributed by atoms with Crippen LogP contribution >= 0.6 is 0 Å². The second kappa shape index (κ2) is 6.17. The first-order valence-corrected chi connectivity index (χ1v) is 8.31. The summed E-state index contributed by atoms with van der Waals surface area (Å²) in [4.78, 5) is 2.65. The van der Waals surface area contributed by atoms with E-state index in [0.29, 0.717) is 12.1 Å². The van der Waals surface area contributed by atoms with Crippen LogP contribution in [-0.4, -0.2) is 25.7 Å². The smallest absolute Gasteiger partial charge is 0.0401 e. The number of hydrogen-bond acceptors (Lipinski definition) is 2. The summed E-state index contributed by atoms with van der Waals surface area (Å²) in [5.74, 6) is 0.876. The molecule has 2 heteroatoms. The molecule has 2 unspecified atom stereocenters. The Labute approximate surface area is 123 Å². The zero-order valence-electron chi connectivity index (χ0n) is 12.9. The van der Waals surface area contributed by atoms with Crippen molar-refractivity contribution >= 4 is 5.69 Å². The zero-order valence-corrected chi connectivity index (χ0v) is 12.9. The Balaban J connectivity index is 1.78. The third kappa shape index (κ3) is 2.71. The van der Waals surface area contributed by atoms with E-state index in [1.165, 1.54) is 56.3 Å². The van der Waals surface area contributed by atoms with E-state index in [1.807, 2.05) is 0 Å². The molecule has 20 heavy (non-hydrogen) atoms. The van der Waals surface area contributed by atoms with Crippen molar-refractivity contribution < 1.29 is 0 Å². The van der Waals surface area contributed by atoms with Crippen molar-refractivity contribution in [2.24, 2.45) is 5.92 Å². The number of fused-ring (bicyclic) bond motifs is 1. The molecule has 0 radical (unpaired) electrons. The predicted octanol–water partition coefficient (Wildman–Crippen LogP) is 3.61. The van der Waals surface area contributed by atoms with Crippen LogP contribution in [0.25, 0.3) is 0 Å². The molecule has 0 bridgehead atoms. The molecule has 0 amide bonds. The zero-order chi connectivity index (χ0) is 13.9. The van der Waals surface area contributed by atoms with Crippen molar-refractivity contribution in [3.05, 3.63) is 29.8 Å². The first kappa shape index (κ1) is 13.9. The molecule has 1 aromatic carbocycles. The Bertz CT molecular complexity index is 437. The molecule has 1 aliphatic carbocycles. The molecule has 110 valence electrons. The number of anilines is 1.